The van der Waals surface area contributed by atoms with Gasteiger partial charge >= 0.3 is 0 Å². The van der Waals surface area contributed by atoms with E-state index in [2.05, 4.69) is 10.6 Å². The van der Waals surface area contributed by atoms with Crippen molar-refractivity contribution >= 4 is 29.9 Å². The zero-order valence-corrected chi connectivity index (χ0v) is 12.6. The maximum absolute atomic E-state index is 13.5. The van der Waals surface area contributed by atoms with Crippen molar-refractivity contribution in [3.8, 4) is 0 Å². The molecule has 1 amide bonds. The second-order valence-corrected chi connectivity index (χ2v) is 4.55. The molecule has 6 heteroatoms. The number of likely N-dealkylation sites (N-methyl/N-ethyl adjacent to an activating group) is 1. The largest absolute Gasteiger partial charge is 0.354 e. The van der Waals surface area contributed by atoms with Crippen LogP contribution in [0.2, 0.25) is 5.02 Å². The summed E-state index contributed by atoms with van der Waals surface area (Å²) in [6.07, 6.45) is -0.0373. The molecule has 0 saturated carbocycles. The van der Waals surface area contributed by atoms with Gasteiger partial charge in [-0.2, -0.15) is 0 Å². The van der Waals surface area contributed by atoms with Gasteiger partial charge in [0.2, 0.25) is 5.91 Å². The van der Waals surface area contributed by atoms with Crippen LogP contribution < -0.4 is 10.6 Å². The molecule has 1 rings (SSSR count). The first-order valence-electron chi connectivity index (χ1n) is 5.97. The van der Waals surface area contributed by atoms with Gasteiger partial charge in [-0.3, -0.25) is 4.79 Å². The maximum Gasteiger partial charge on any atom is 0.224 e. The molecule has 0 fully saturated rings. The van der Waals surface area contributed by atoms with Crippen LogP contribution in [0.15, 0.2) is 18.2 Å². The third kappa shape index (κ3) is 6.23. The predicted octanol–water partition coefficient (Wildman–Crippen LogP) is 2.56. The Morgan fingerprint density at radius 1 is 1.47 bits per heavy atom. The standard InChI is InChI=1S/C13H18ClFN2O.ClH/c1-3-16-9(2)8-17-13(18)7-10-11(14)5-4-6-12(10)15;/h4-6,9,16H,3,7-8H2,1-2H3,(H,17,18);1H/t9-;/m1./s1. The van der Waals surface area contributed by atoms with Gasteiger partial charge in [0.15, 0.2) is 0 Å². The zero-order valence-electron chi connectivity index (χ0n) is 11.0. The number of hydrogen-bond acceptors (Lipinski definition) is 2. The average Bonchev–Trinajstić information content (AvgIpc) is 2.32. The van der Waals surface area contributed by atoms with Crippen molar-refractivity contribution < 1.29 is 9.18 Å². The molecule has 0 aliphatic carbocycles. The first-order chi connectivity index (χ1) is 8.54. The lowest BCUT2D eigenvalue weighted by atomic mass is 10.1. The fourth-order valence-corrected chi connectivity index (χ4v) is 1.84. The van der Waals surface area contributed by atoms with Gasteiger partial charge in [-0.1, -0.05) is 24.6 Å². The molecule has 0 saturated heterocycles. The molecule has 0 radical (unpaired) electrons. The molecule has 0 aromatic heterocycles. The molecular weight excluding hydrogens is 290 g/mol. The summed E-state index contributed by atoms with van der Waals surface area (Å²) in [7, 11) is 0. The Morgan fingerprint density at radius 3 is 2.74 bits per heavy atom. The van der Waals surface area contributed by atoms with E-state index in [0.717, 1.165) is 6.54 Å². The highest BCUT2D eigenvalue weighted by molar-refractivity contribution is 6.31. The number of benzene rings is 1. The zero-order chi connectivity index (χ0) is 13.5. The van der Waals surface area contributed by atoms with Crippen molar-refractivity contribution in [1.29, 1.82) is 0 Å². The van der Waals surface area contributed by atoms with Gasteiger partial charge in [0.1, 0.15) is 5.82 Å². The molecule has 0 bridgehead atoms. The van der Waals surface area contributed by atoms with Crippen LogP contribution in [0.5, 0.6) is 0 Å². The van der Waals surface area contributed by atoms with E-state index in [9.17, 15) is 9.18 Å². The van der Waals surface area contributed by atoms with Crippen molar-refractivity contribution in [2.45, 2.75) is 26.3 Å². The minimum Gasteiger partial charge on any atom is -0.354 e. The highest BCUT2D eigenvalue weighted by Crippen LogP contribution is 2.19. The molecule has 0 heterocycles. The monoisotopic (exact) mass is 308 g/mol. The van der Waals surface area contributed by atoms with E-state index in [1.54, 1.807) is 6.07 Å². The fraction of sp³-hybridized carbons (Fsp3) is 0.462. The van der Waals surface area contributed by atoms with E-state index >= 15 is 0 Å². The summed E-state index contributed by atoms with van der Waals surface area (Å²) in [5.41, 5.74) is 0.243. The van der Waals surface area contributed by atoms with Gasteiger partial charge in [-0.15, -0.1) is 12.4 Å². The number of amides is 1. The molecule has 2 N–H and O–H groups in total. The molecule has 3 nitrogen and oxygen atoms in total. The van der Waals surface area contributed by atoms with Gasteiger partial charge in [-0.25, -0.2) is 4.39 Å². The molecule has 0 aliphatic heterocycles. The number of hydrogen-bond donors (Lipinski definition) is 2. The van der Waals surface area contributed by atoms with E-state index in [1.807, 2.05) is 13.8 Å². The number of carbonyl (C=O) groups excluding carboxylic acids is 1. The van der Waals surface area contributed by atoms with Crippen molar-refractivity contribution in [3.05, 3.63) is 34.6 Å². The van der Waals surface area contributed by atoms with Crippen LogP contribution in [0.4, 0.5) is 4.39 Å². The lowest BCUT2D eigenvalue weighted by Gasteiger charge is -2.13. The second-order valence-electron chi connectivity index (χ2n) is 4.14. The highest BCUT2D eigenvalue weighted by Gasteiger charge is 2.12. The lowest BCUT2D eigenvalue weighted by molar-refractivity contribution is -0.120. The van der Waals surface area contributed by atoms with Gasteiger partial charge in [0, 0.05) is 23.2 Å². The topological polar surface area (TPSA) is 41.1 Å². The van der Waals surface area contributed by atoms with E-state index in [4.69, 9.17) is 11.6 Å². The molecule has 0 spiro atoms. The Kier molecular flexibility index (Phi) is 8.72. The molecule has 0 aliphatic rings. The third-order valence-corrected chi connectivity index (χ3v) is 2.91. The summed E-state index contributed by atoms with van der Waals surface area (Å²) in [4.78, 5) is 11.7. The van der Waals surface area contributed by atoms with Gasteiger partial charge in [0.25, 0.3) is 0 Å². The minimum atomic E-state index is -0.447. The van der Waals surface area contributed by atoms with Crippen molar-refractivity contribution in [1.82, 2.24) is 10.6 Å². The van der Waals surface area contributed by atoms with E-state index < -0.39 is 5.82 Å². The van der Waals surface area contributed by atoms with E-state index in [1.165, 1.54) is 12.1 Å². The van der Waals surface area contributed by atoms with Crippen molar-refractivity contribution in [2.24, 2.45) is 0 Å². The molecule has 1 aromatic carbocycles. The average molecular weight is 309 g/mol. The van der Waals surface area contributed by atoms with Crippen LogP contribution >= 0.6 is 24.0 Å². The second kappa shape index (κ2) is 9.13. The minimum absolute atomic E-state index is 0. The molecular formula is C13H19Cl2FN2O. The molecule has 19 heavy (non-hydrogen) atoms. The van der Waals surface area contributed by atoms with Gasteiger partial charge in [0.05, 0.1) is 6.42 Å². The van der Waals surface area contributed by atoms with E-state index in [-0.39, 0.29) is 41.4 Å². The summed E-state index contributed by atoms with van der Waals surface area (Å²) in [6, 6.07) is 4.59. The Hall–Kier alpha value is -0.840. The van der Waals surface area contributed by atoms with Crippen LogP contribution in [-0.4, -0.2) is 25.0 Å². The number of rotatable bonds is 6. The Balaban J connectivity index is 0.00000324. The SMILES string of the molecule is CCN[C@H](C)CNC(=O)Cc1c(F)cccc1Cl.Cl. The normalized spacial score (nSPS) is 11.6. The van der Waals surface area contributed by atoms with E-state index in [0.29, 0.717) is 6.54 Å². The summed E-state index contributed by atoms with van der Waals surface area (Å²) in [5.74, 6) is -0.677. The van der Waals surface area contributed by atoms with Crippen molar-refractivity contribution in [3.63, 3.8) is 0 Å². The smallest absolute Gasteiger partial charge is 0.224 e. The van der Waals surface area contributed by atoms with Gasteiger partial charge < -0.3 is 10.6 Å². The Bertz CT molecular complexity index is 395. The number of nitrogens with one attached hydrogen (secondary N) is 2. The molecule has 1 aromatic rings. The quantitative estimate of drug-likeness (QED) is 0.848. The third-order valence-electron chi connectivity index (χ3n) is 2.56. The highest BCUT2D eigenvalue weighted by atomic mass is 35.5. The Labute approximate surface area is 124 Å². The van der Waals surface area contributed by atoms with Crippen LogP contribution in [0, 0.1) is 5.82 Å². The number of halogens is 3. The summed E-state index contributed by atoms with van der Waals surface area (Å²) >= 11 is 5.85. The summed E-state index contributed by atoms with van der Waals surface area (Å²) in [5, 5.41) is 6.20. The molecule has 0 unspecified atom stereocenters. The van der Waals surface area contributed by atoms with Crippen molar-refractivity contribution in [2.75, 3.05) is 13.1 Å². The first-order valence-corrected chi connectivity index (χ1v) is 6.35. The van der Waals surface area contributed by atoms with Gasteiger partial charge in [-0.05, 0) is 25.6 Å². The lowest BCUT2D eigenvalue weighted by Crippen LogP contribution is -2.39. The predicted molar refractivity (Wildman–Crippen MR) is 78.5 cm³/mol. The van der Waals surface area contributed by atoms with Crippen LogP contribution in [-0.2, 0) is 11.2 Å². The maximum atomic E-state index is 13.5. The fourth-order valence-electron chi connectivity index (χ4n) is 1.61. The summed E-state index contributed by atoms with van der Waals surface area (Å²) in [6.45, 7) is 5.33. The summed E-state index contributed by atoms with van der Waals surface area (Å²) < 4.78 is 13.5. The molecule has 108 valence electrons. The van der Waals surface area contributed by atoms with Crippen LogP contribution in [0.1, 0.15) is 19.4 Å². The number of carbonyl (C=O) groups is 1. The van der Waals surface area contributed by atoms with Crippen LogP contribution in [0.25, 0.3) is 0 Å². The Morgan fingerprint density at radius 2 is 2.16 bits per heavy atom. The molecule has 1 atom stereocenters. The van der Waals surface area contributed by atoms with Crippen LogP contribution in [0.3, 0.4) is 0 Å². The first kappa shape index (κ1) is 18.2.